The van der Waals surface area contributed by atoms with Crippen LogP contribution in [0.5, 0.6) is 0 Å². The minimum atomic E-state index is -0.338. The summed E-state index contributed by atoms with van der Waals surface area (Å²) >= 11 is 1.36. The predicted octanol–water partition coefficient (Wildman–Crippen LogP) is 2.76. The van der Waals surface area contributed by atoms with Crippen LogP contribution in [-0.4, -0.2) is 11.8 Å². The molecule has 6 heteroatoms. The highest BCUT2D eigenvalue weighted by Crippen LogP contribution is 2.48. The first-order chi connectivity index (χ1) is 10.6. The number of aryl methyl sites for hydroxylation is 1. The minimum absolute atomic E-state index is 0.109. The van der Waals surface area contributed by atoms with E-state index in [2.05, 4.69) is 10.9 Å². The molecule has 4 nitrogen and oxygen atoms in total. The number of halogens is 1. The number of hydrogen-bond acceptors (Lipinski definition) is 3. The first-order valence-corrected chi connectivity index (χ1v) is 7.79. The SMILES string of the molecule is Cc1ccc(C(=O)NNC(=O)C2CC2c2ccccc2F)s1. The Kier molecular flexibility index (Phi) is 3.94. The fourth-order valence-corrected chi connectivity index (χ4v) is 3.20. The van der Waals surface area contributed by atoms with Crippen LogP contribution in [0.3, 0.4) is 0 Å². The Hall–Kier alpha value is -2.21. The molecule has 2 amide bonds. The molecule has 22 heavy (non-hydrogen) atoms. The summed E-state index contributed by atoms with van der Waals surface area (Å²) in [5, 5.41) is 0. The number of rotatable bonds is 3. The molecule has 1 aliphatic carbocycles. The van der Waals surface area contributed by atoms with E-state index in [0.717, 1.165) is 4.88 Å². The summed E-state index contributed by atoms with van der Waals surface area (Å²) in [6.45, 7) is 1.91. The first-order valence-electron chi connectivity index (χ1n) is 6.97. The molecule has 2 unspecified atom stereocenters. The molecule has 2 aromatic rings. The summed E-state index contributed by atoms with van der Waals surface area (Å²) in [7, 11) is 0. The monoisotopic (exact) mass is 318 g/mol. The maximum atomic E-state index is 13.7. The van der Waals surface area contributed by atoms with Crippen LogP contribution in [0, 0.1) is 18.7 Å². The number of hydrogen-bond donors (Lipinski definition) is 2. The number of nitrogens with one attached hydrogen (secondary N) is 2. The van der Waals surface area contributed by atoms with Crippen molar-refractivity contribution in [3.05, 3.63) is 57.5 Å². The highest BCUT2D eigenvalue weighted by molar-refractivity contribution is 7.13. The third-order valence-electron chi connectivity index (χ3n) is 3.70. The molecule has 2 N–H and O–H groups in total. The van der Waals surface area contributed by atoms with Crippen LogP contribution in [0.2, 0.25) is 0 Å². The predicted molar refractivity (Wildman–Crippen MR) is 81.9 cm³/mol. The molecule has 0 spiro atoms. The van der Waals surface area contributed by atoms with Gasteiger partial charge in [-0.15, -0.1) is 11.3 Å². The van der Waals surface area contributed by atoms with Gasteiger partial charge in [-0.3, -0.25) is 20.4 Å². The molecule has 1 aromatic heterocycles. The van der Waals surface area contributed by atoms with Gasteiger partial charge in [-0.25, -0.2) is 4.39 Å². The van der Waals surface area contributed by atoms with Crippen LogP contribution in [0.25, 0.3) is 0 Å². The number of carbonyl (C=O) groups is 2. The molecule has 0 bridgehead atoms. The van der Waals surface area contributed by atoms with Crippen molar-refractivity contribution in [2.45, 2.75) is 19.3 Å². The second-order valence-electron chi connectivity index (χ2n) is 5.32. The fourth-order valence-electron chi connectivity index (χ4n) is 2.43. The molecular formula is C16H15FN2O2S. The number of amides is 2. The lowest BCUT2D eigenvalue weighted by Gasteiger charge is -2.06. The van der Waals surface area contributed by atoms with Gasteiger partial charge in [-0.1, -0.05) is 18.2 Å². The standard InChI is InChI=1S/C16H15FN2O2S/c1-9-6-7-14(22-9)16(21)19-18-15(20)12-8-11(12)10-4-2-3-5-13(10)17/h2-7,11-12H,8H2,1H3,(H,18,20)(H,19,21). The van der Waals surface area contributed by atoms with Gasteiger partial charge in [0.2, 0.25) is 5.91 Å². The Labute approximate surface area is 131 Å². The van der Waals surface area contributed by atoms with Crippen LogP contribution in [0.15, 0.2) is 36.4 Å². The molecule has 1 heterocycles. The zero-order valence-electron chi connectivity index (χ0n) is 11.9. The molecular weight excluding hydrogens is 303 g/mol. The van der Waals surface area contributed by atoms with Crippen molar-refractivity contribution in [2.75, 3.05) is 0 Å². The molecule has 1 aliphatic rings. The lowest BCUT2D eigenvalue weighted by atomic mass is 10.1. The lowest BCUT2D eigenvalue weighted by Crippen LogP contribution is -2.42. The van der Waals surface area contributed by atoms with Crippen LogP contribution >= 0.6 is 11.3 Å². The summed E-state index contributed by atoms with van der Waals surface area (Å²) in [5.74, 6) is -1.31. The van der Waals surface area contributed by atoms with Crippen molar-refractivity contribution in [3.8, 4) is 0 Å². The Morgan fingerprint density at radius 1 is 1.18 bits per heavy atom. The molecule has 0 radical (unpaired) electrons. The van der Waals surface area contributed by atoms with Gasteiger partial charge < -0.3 is 0 Å². The smallest absolute Gasteiger partial charge is 0.273 e. The molecule has 114 valence electrons. The minimum Gasteiger partial charge on any atom is -0.273 e. The largest absolute Gasteiger partial charge is 0.279 e. The summed E-state index contributed by atoms with van der Waals surface area (Å²) in [4.78, 5) is 25.4. The van der Waals surface area contributed by atoms with Crippen LogP contribution in [0.4, 0.5) is 4.39 Å². The van der Waals surface area contributed by atoms with Gasteiger partial charge in [-0.05, 0) is 43.0 Å². The number of benzene rings is 1. The first kappa shape index (κ1) is 14.7. The normalized spacial score (nSPS) is 19.5. The number of thiophene rings is 1. The maximum absolute atomic E-state index is 13.7. The fraction of sp³-hybridized carbons (Fsp3) is 0.250. The van der Waals surface area contributed by atoms with Gasteiger partial charge in [0.05, 0.1) is 4.88 Å². The molecule has 1 saturated carbocycles. The van der Waals surface area contributed by atoms with E-state index < -0.39 is 0 Å². The number of carbonyl (C=O) groups excluding carboxylic acids is 2. The number of hydrazine groups is 1. The van der Waals surface area contributed by atoms with Gasteiger partial charge in [0.15, 0.2) is 0 Å². The van der Waals surface area contributed by atoms with Gasteiger partial charge in [0.25, 0.3) is 5.91 Å². The second kappa shape index (κ2) is 5.88. The average molecular weight is 318 g/mol. The van der Waals surface area contributed by atoms with E-state index in [1.807, 2.05) is 13.0 Å². The van der Waals surface area contributed by atoms with E-state index in [1.165, 1.54) is 17.4 Å². The van der Waals surface area contributed by atoms with Crippen molar-refractivity contribution in [1.82, 2.24) is 10.9 Å². The molecule has 0 saturated heterocycles. The Morgan fingerprint density at radius 2 is 1.95 bits per heavy atom. The topological polar surface area (TPSA) is 58.2 Å². The van der Waals surface area contributed by atoms with Crippen molar-refractivity contribution < 1.29 is 14.0 Å². The second-order valence-corrected chi connectivity index (χ2v) is 6.61. The quantitative estimate of drug-likeness (QED) is 0.855. The molecule has 1 fully saturated rings. The van der Waals surface area contributed by atoms with Crippen LogP contribution < -0.4 is 10.9 Å². The highest BCUT2D eigenvalue weighted by atomic mass is 32.1. The third-order valence-corrected chi connectivity index (χ3v) is 4.69. The highest BCUT2D eigenvalue weighted by Gasteiger charge is 2.45. The van der Waals surface area contributed by atoms with E-state index >= 15 is 0 Å². The van der Waals surface area contributed by atoms with Crippen molar-refractivity contribution >= 4 is 23.2 Å². The molecule has 3 rings (SSSR count). The summed E-state index contributed by atoms with van der Waals surface area (Å²) in [6.07, 6.45) is 0.598. The Bertz CT molecular complexity index is 728. The summed E-state index contributed by atoms with van der Waals surface area (Å²) in [6, 6.07) is 10.0. The van der Waals surface area contributed by atoms with Gasteiger partial charge in [0, 0.05) is 10.8 Å². The van der Waals surface area contributed by atoms with Gasteiger partial charge in [0.1, 0.15) is 5.82 Å². The molecule has 2 atom stereocenters. The lowest BCUT2D eigenvalue weighted by molar-refractivity contribution is -0.123. The molecule has 1 aromatic carbocycles. The zero-order chi connectivity index (χ0) is 15.7. The van der Waals surface area contributed by atoms with E-state index in [0.29, 0.717) is 16.9 Å². The third kappa shape index (κ3) is 3.01. The summed E-state index contributed by atoms with van der Waals surface area (Å²) in [5.41, 5.74) is 5.37. The van der Waals surface area contributed by atoms with E-state index in [1.54, 1.807) is 24.3 Å². The van der Waals surface area contributed by atoms with Crippen molar-refractivity contribution in [1.29, 1.82) is 0 Å². The average Bonchev–Trinajstić information content (AvgIpc) is 3.18. The van der Waals surface area contributed by atoms with Gasteiger partial charge >= 0.3 is 0 Å². The zero-order valence-corrected chi connectivity index (χ0v) is 12.7. The van der Waals surface area contributed by atoms with Crippen molar-refractivity contribution in [3.63, 3.8) is 0 Å². The van der Waals surface area contributed by atoms with E-state index in [-0.39, 0.29) is 29.5 Å². The van der Waals surface area contributed by atoms with E-state index in [9.17, 15) is 14.0 Å². The Balaban J connectivity index is 1.54. The van der Waals surface area contributed by atoms with Crippen molar-refractivity contribution in [2.24, 2.45) is 5.92 Å². The maximum Gasteiger partial charge on any atom is 0.279 e. The van der Waals surface area contributed by atoms with Gasteiger partial charge in [-0.2, -0.15) is 0 Å². The van der Waals surface area contributed by atoms with Crippen LogP contribution in [-0.2, 0) is 4.79 Å². The van der Waals surface area contributed by atoms with Crippen LogP contribution in [0.1, 0.15) is 32.5 Å². The Morgan fingerprint density at radius 3 is 2.64 bits per heavy atom. The summed E-state index contributed by atoms with van der Waals surface area (Å²) < 4.78 is 13.7. The van der Waals surface area contributed by atoms with E-state index in [4.69, 9.17) is 0 Å². The molecule has 0 aliphatic heterocycles.